The molecule has 0 aromatic rings. The molecule has 128 valence electrons. The van der Waals surface area contributed by atoms with E-state index in [1.807, 2.05) is 26.8 Å². The van der Waals surface area contributed by atoms with Crippen molar-refractivity contribution in [2.45, 2.75) is 71.6 Å². The molecule has 0 bridgehead atoms. The molecule has 0 fully saturated rings. The van der Waals surface area contributed by atoms with Crippen LogP contribution in [-0.4, -0.2) is 36.4 Å². The second-order valence-corrected chi connectivity index (χ2v) is 7.52. The van der Waals surface area contributed by atoms with E-state index in [9.17, 15) is 4.79 Å². The molecular formula is C17H32N2O3. The zero-order valence-electron chi connectivity index (χ0n) is 14.9. The van der Waals surface area contributed by atoms with Crippen molar-refractivity contribution >= 4 is 6.09 Å². The van der Waals surface area contributed by atoms with E-state index in [1.54, 1.807) is 6.26 Å². The Morgan fingerprint density at radius 3 is 2.55 bits per heavy atom. The quantitative estimate of drug-likeness (QED) is 0.790. The maximum absolute atomic E-state index is 11.8. The van der Waals surface area contributed by atoms with Gasteiger partial charge in [0.1, 0.15) is 11.7 Å². The molecule has 5 heteroatoms. The summed E-state index contributed by atoms with van der Waals surface area (Å²) in [6.45, 7) is 13.3. The minimum Gasteiger partial charge on any atom is -0.497 e. The predicted molar refractivity (Wildman–Crippen MR) is 88.7 cm³/mol. The van der Waals surface area contributed by atoms with Crippen LogP contribution in [0.1, 0.15) is 54.4 Å². The number of hydrogen-bond acceptors (Lipinski definition) is 4. The fourth-order valence-corrected chi connectivity index (χ4v) is 2.12. The molecule has 1 aliphatic rings. The molecule has 0 saturated heterocycles. The van der Waals surface area contributed by atoms with Crippen LogP contribution in [0.25, 0.3) is 0 Å². The summed E-state index contributed by atoms with van der Waals surface area (Å²) in [5.41, 5.74) is -0.685. The summed E-state index contributed by atoms with van der Waals surface area (Å²) >= 11 is 0. The average Bonchev–Trinajstić information content (AvgIpc) is 2.42. The van der Waals surface area contributed by atoms with Gasteiger partial charge in [0, 0.05) is 18.6 Å². The van der Waals surface area contributed by atoms with Crippen molar-refractivity contribution in [2.24, 2.45) is 5.92 Å². The molecule has 0 radical (unpaired) electrons. The molecule has 2 atom stereocenters. The van der Waals surface area contributed by atoms with Crippen LogP contribution in [-0.2, 0) is 9.47 Å². The molecule has 0 saturated carbocycles. The zero-order chi connectivity index (χ0) is 16.8. The molecule has 1 amide bonds. The smallest absolute Gasteiger partial charge is 0.407 e. The molecule has 1 rings (SSSR count). The molecule has 0 aliphatic carbocycles. The molecule has 0 aromatic heterocycles. The summed E-state index contributed by atoms with van der Waals surface area (Å²) in [7, 11) is 0. The van der Waals surface area contributed by atoms with Crippen molar-refractivity contribution < 1.29 is 14.3 Å². The fraction of sp³-hybridized carbons (Fsp3) is 0.824. The monoisotopic (exact) mass is 312 g/mol. The van der Waals surface area contributed by atoms with Gasteiger partial charge in [-0.25, -0.2) is 4.79 Å². The van der Waals surface area contributed by atoms with E-state index < -0.39 is 5.60 Å². The second-order valence-electron chi connectivity index (χ2n) is 7.52. The molecule has 5 nitrogen and oxygen atoms in total. The van der Waals surface area contributed by atoms with E-state index in [0.717, 1.165) is 19.4 Å². The van der Waals surface area contributed by atoms with Crippen molar-refractivity contribution in [2.75, 3.05) is 13.1 Å². The van der Waals surface area contributed by atoms with E-state index in [-0.39, 0.29) is 17.7 Å². The van der Waals surface area contributed by atoms with Gasteiger partial charge in [-0.3, -0.25) is 0 Å². The summed E-state index contributed by atoms with van der Waals surface area (Å²) in [5, 5.41) is 6.42. The van der Waals surface area contributed by atoms with Gasteiger partial charge in [-0.15, -0.1) is 0 Å². The molecular weight excluding hydrogens is 280 g/mol. The van der Waals surface area contributed by atoms with Gasteiger partial charge in [0.15, 0.2) is 0 Å². The van der Waals surface area contributed by atoms with Crippen molar-refractivity contribution in [1.82, 2.24) is 10.6 Å². The van der Waals surface area contributed by atoms with E-state index in [2.05, 4.69) is 31.4 Å². The van der Waals surface area contributed by atoms with Crippen LogP contribution in [0.2, 0.25) is 0 Å². The normalized spacial score (nSPS) is 21.1. The van der Waals surface area contributed by atoms with Gasteiger partial charge in [0.25, 0.3) is 0 Å². The van der Waals surface area contributed by atoms with Gasteiger partial charge < -0.3 is 20.1 Å². The Kier molecular flexibility index (Phi) is 6.72. The Balaban J connectivity index is 2.48. The third-order valence-electron chi connectivity index (χ3n) is 4.03. The number of rotatable bonds is 6. The van der Waals surface area contributed by atoms with Crippen molar-refractivity contribution in [3.63, 3.8) is 0 Å². The minimum absolute atomic E-state index is 0.199. The van der Waals surface area contributed by atoms with Crippen LogP contribution in [0.5, 0.6) is 0 Å². The Morgan fingerprint density at radius 2 is 2.05 bits per heavy atom. The highest BCUT2D eigenvalue weighted by Gasteiger charge is 2.30. The highest BCUT2D eigenvalue weighted by atomic mass is 16.6. The maximum Gasteiger partial charge on any atom is 0.407 e. The SMILES string of the molecule is CC(C)C(C)(CNC(=O)OC(C)(C)C)NCC1CCC=CO1. The first-order chi connectivity index (χ1) is 10.1. The summed E-state index contributed by atoms with van der Waals surface area (Å²) < 4.78 is 10.9. The number of amides is 1. The highest BCUT2D eigenvalue weighted by Crippen LogP contribution is 2.18. The Morgan fingerprint density at radius 1 is 1.36 bits per heavy atom. The van der Waals surface area contributed by atoms with Crippen LogP contribution < -0.4 is 10.6 Å². The summed E-state index contributed by atoms with van der Waals surface area (Å²) in [6.07, 6.45) is 5.73. The maximum atomic E-state index is 11.8. The van der Waals surface area contributed by atoms with E-state index in [4.69, 9.17) is 9.47 Å². The molecule has 2 unspecified atom stereocenters. The number of allylic oxidation sites excluding steroid dienone is 1. The highest BCUT2D eigenvalue weighted by molar-refractivity contribution is 5.67. The fourth-order valence-electron chi connectivity index (χ4n) is 2.12. The van der Waals surface area contributed by atoms with Gasteiger partial charge in [-0.05, 0) is 52.5 Å². The first-order valence-electron chi connectivity index (χ1n) is 8.15. The van der Waals surface area contributed by atoms with Gasteiger partial charge >= 0.3 is 6.09 Å². The molecule has 22 heavy (non-hydrogen) atoms. The lowest BCUT2D eigenvalue weighted by molar-refractivity contribution is 0.0496. The van der Waals surface area contributed by atoms with Gasteiger partial charge in [0.05, 0.1) is 6.26 Å². The first kappa shape index (κ1) is 18.8. The predicted octanol–water partition coefficient (Wildman–Crippen LogP) is 3.21. The number of alkyl carbamates (subject to hydrolysis) is 1. The second kappa shape index (κ2) is 7.86. The van der Waals surface area contributed by atoms with Gasteiger partial charge in [-0.1, -0.05) is 13.8 Å². The molecule has 1 heterocycles. The molecule has 0 aromatic carbocycles. The Labute approximate surface area is 134 Å². The Bertz CT molecular complexity index is 388. The van der Waals surface area contributed by atoms with Gasteiger partial charge in [0.2, 0.25) is 0 Å². The largest absolute Gasteiger partial charge is 0.497 e. The Hall–Kier alpha value is -1.23. The van der Waals surface area contributed by atoms with Crippen molar-refractivity contribution in [3.05, 3.63) is 12.3 Å². The standard InChI is InChI=1S/C17H32N2O3/c1-13(2)17(6,12-18-15(20)22-16(3,4)5)19-11-14-9-7-8-10-21-14/h8,10,13-14,19H,7,9,11-12H2,1-6H3,(H,18,20). The minimum atomic E-state index is -0.478. The van der Waals surface area contributed by atoms with Crippen LogP contribution in [0, 0.1) is 5.92 Å². The van der Waals surface area contributed by atoms with Crippen LogP contribution in [0.3, 0.4) is 0 Å². The van der Waals surface area contributed by atoms with Crippen molar-refractivity contribution in [1.29, 1.82) is 0 Å². The van der Waals surface area contributed by atoms with E-state index in [0.29, 0.717) is 12.5 Å². The lowest BCUT2D eigenvalue weighted by atomic mass is 9.88. The topological polar surface area (TPSA) is 59.6 Å². The number of hydrogen-bond donors (Lipinski definition) is 2. The number of carbonyl (C=O) groups is 1. The number of ether oxygens (including phenoxy) is 2. The van der Waals surface area contributed by atoms with E-state index >= 15 is 0 Å². The lowest BCUT2D eigenvalue weighted by Crippen LogP contribution is -2.57. The lowest BCUT2D eigenvalue weighted by Gasteiger charge is -2.37. The molecule has 1 aliphatic heterocycles. The van der Waals surface area contributed by atoms with Gasteiger partial charge in [-0.2, -0.15) is 0 Å². The molecule has 2 N–H and O–H groups in total. The van der Waals surface area contributed by atoms with Crippen LogP contribution in [0.4, 0.5) is 4.79 Å². The van der Waals surface area contributed by atoms with Crippen LogP contribution in [0.15, 0.2) is 12.3 Å². The summed E-state index contributed by atoms with van der Waals surface area (Å²) in [4.78, 5) is 11.8. The first-order valence-corrected chi connectivity index (χ1v) is 8.15. The number of nitrogens with one attached hydrogen (secondary N) is 2. The van der Waals surface area contributed by atoms with E-state index in [1.165, 1.54) is 0 Å². The summed E-state index contributed by atoms with van der Waals surface area (Å²) in [6, 6.07) is 0. The van der Waals surface area contributed by atoms with Crippen molar-refractivity contribution in [3.8, 4) is 0 Å². The number of carbonyl (C=O) groups excluding carboxylic acids is 1. The summed E-state index contributed by atoms with van der Waals surface area (Å²) in [5.74, 6) is 0.363. The third-order valence-corrected chi connectivity index (χ3v) is 4.03. The molecule has 0 spiro atoms. The average molecular weight is 312 g/mol. The zero-order valence-corrected chi connectivity index (χ0v) is 14.9. The van der Waals surface area contributed by atoms with Crippen LogP contribution >= 0.6 is 0 Å². The third kappa shape index (κ3) is 6.69.